The van der Waals surface area contributed by atoms with Crippen LogP contribution in [0.2, 0.25) is 0 Å². The fourth-order valence-corrected chi connectivity index (χ4v) is 9.06. The number of guanidine groups is 3. The standard InChI is InChI=1S/C59H112N22O12/c1-15-32(11)44(55(92)75-38(22-19-25-70-59(66)67)49(86)77-41(29(5)6)52(89)73-34(13)46(83)71-27-40(61)82)81-54(91)43(31(9)10)78-53(90)42(30(7)8)79-56(93)45(33(12)16-2)80-50(87)37(21-18-24-69-58(64)65)74-47(84)35(14)72-51(88)39(26-28(3)4)76-48(85)36(60)20-17-23-68-57(62)63/h28-39,41-45H,15-27,60H2,1-14H3,(H2,61,82)(H,71,83)(H,72,88)(H,73,89)(H,74,84)(H,75,92)(H,76,85)(H,77,86)(H,78,90)(H,79,93)(H,80,87)(H,81,91)(H4,62,63,68)(H4,64,65,69)(H4,66,67,70)/t32-,33-,34-,35-,36-,37-,38-,39-,41-,42-,43-,44-,45-/m0/s1. The van der Waals surface area contributed by atoms with Crippen molar-refractivity contribution in [1.82, 2.24) is 58.5 Å². The first kappa shape index (κ1) is 84.4. The third-order valence-electron chi connectivity index (χ3n) is 15.1. The molecule has 0 heterocycles. The van der Waals surface area contributed by atoms with Gasteiger partial charge in [-0.05, 0) is 94.3 Å². The molecule has 0 fully saturated rings. The van der Waals surface area contributed by atoms with Crippen molar-refractivity contribution < 1.29 is 57.5 Å². The number of carbonyl (C=O) groups excluding carboxylic acids is 12. The highest BCUT2D eigenvalue weighted by molar-refractivity contribution is 5.99. The number of nitrogens with zero attached hydrogens (tertiary/aromatic N) is 3. The molecule has 0 aliphatic carbocycles. The van der Waals surface area contributed by atoms with Crippen molar-refractivity contribution in [2.24, 2.45) is 96.4 Å². The lowest BCUT2D eigenvalue weighted by Gasteiger charge is -2.32. The molecule has 13 atom stereocenters. The van der Waals surface area contributed by atoms with Crippen molar-refractivity contribution in [1.29, 1.82) is 0 Å². The molecule has 93 heavy (non-hydrogen) atoms. The van der Waals surface area contributed by atoms with Gasteiger partial charge in [0.05, 0.1) is 12.6 Å². The average molecular weight is 1320 g/mol. The molecular formula is C59H112N22O12. The Morgan fingerprint density at radius 1 is 0.344 bits per heavy atom. The van der Waals surface area contributed by atoms with E-state index in [9.17, 15) is 57.5 Å². The Labute approximate surface area is 546 Å². The molecule has 0 aromatic heterocycles. The van der Waals surface area contributed by atoms with Crippen molar-refractivity contribution in [3.8, 4) is 0 Å². The van der Waals surface area contributed by atoms with E-state index in [1.165, 1.54) is 13.8 Å². The minimum absolute atomic E-state index is 0.0479. The van der Waals surface area contributed by atoms with Gasteiger partial charge in [-0.1, -0.05) is 95.9 Å². The maximum atomic E-state index is 14.5. The largest absolute Gasteiger partial charge is 0.370 e. The van der Waals surface area contributed by atoms with E-state index in [-0.39, 0.29) is 82.0 Å². The molecule has 0 saturated heterocycles. The lowest BCUT2D eigenvalue weighted by Crippen LogP contribution is -2.63. The van der Waals surface area contributed by atoms with Crippen LogP contribution in [0, 0.1) is 35.5 Å². The topological polar surface area (TPSA) is 582 Å². The van der Waals surface area contributed by atoms with Crippen LogP contribution in [-0.2, 0) is 57.5 Å². The fraction of sp³-hybridized carbons (Fsp3) is 0.746. The van der Waals surface area contributed by atoms with Gasteiger partial charge in [0.1, 0.15) is 60.4 Å². The van der Waals surface area contributed by atoms with Gasteiger partial charge < -0.3 is 104 Å². The van der Waals surface area contributed by atoms with Crippen LogP contribution in [0.1, 0.15) is 155 Å². The van der Waals surface area contributed by atoms with Gasteiger partial charge in [-0.3, -0.25) is 72.5 Å². The van der Waals surface area contributed by atoms with E-state index in [1.54, 1.807) is 69.2 Å². The Balaban J connectivity index is 6.80. The van der Waals surface area contributed by atoms with Crippen LogP contribution >= 0.6 is 0 Å². The summed E-state index contributed by atoms with van der Waals surface area (Å²) >= 11 is 0. The number of hydrogen-bond donors (Lipinski definition) is 19. The van der Waals surface area contributed by atoms with Gasteiger partial charge in [0.25, 0.3) is 0 Å². The van der Waals surface area contributed by atoms with Crippen LogP contribution in [0.25, 0.3) is 0 Å². The normalized spacial score (nSPS) is 15.4. The Hall–Kier alpha value is -8.59. The Morgan fingerprint density at radius 2 is 0.645 bits per heavy atom. The summed E-state index contributed by atoms with van der Waals surface area (Å²) in [5.41, 5.74) is 44.1. The smallest absolute Gasteiger partial charge is 0.243 e. The molecule has 0 bridgehead atoms. The molecule has 27 N–H and O–H groups in total. The second kappa shape index (κ2) is 43.3. The zero-order valence-corrected chi connectivity index (χ0v) is 56.9. The number of primary amides is 1. The number of amides is 12. The van der Waals surface area contributed by atoms with Gasteiger partial charge in [0, 0.05) is 19.6 Å². The quantitative estimate of drug-likeness (QED) is 0.0154. The molecule has 0 spiro atoms. The van der Waals surface area contributed by atoms with Crippen molar-refractivity contribution in [3.63, 3.8) is 0 Å². The van der Waals surface area contributed by atoms with E-state index in [2.05, 4.69) is 73.5 Å². The zero-order valence-electron chi connectivity index (χ0n) is 56.9. The Bertz CT molecular complexity index is 2570. The third-order valence-corrected chi connectivity index (χ3v) is 15.1. The second-order valence-electron chi connectivity index (χ2n) is 24.8. The highest BCUT2D eigenvalue weighted by atomic mass is 16.2. The molecule has 34 heteroatoms. The van der Waals surface area contributed by atoms with E-state index >= 15 is 0 Å². The van der Waals surface area contributed by atoms with E-state index < -0.39 is 173 Å². The van der Waals surface area contributed by atoms with Crippen LogP contribution in [0.4, 0.5) is 0 Å². The number of hydrogen-bond acceptors (Lipinski definition) is 16. The number of nitrogens with two attached hydrogens (primary N) is 8. The molecular weight excluding hydrogens is 1210 g/mol. The fourth-order valence-electron chi connectivity index (χ4n) is 9.06. The van der Waals surface area contributed by atoms with Gasteiger partial charge in [0.15, 0.2) is 17.9 Å². The minimum Gasteiger partial charge on any atom is -0.370 e. The summed E-state index contributed by atoms with van der Waals surface area (Å²) in [4.78, 5) is 176. The van der Waals surface area contributed by atoms with Crippen LogP contribution in [0.3, 0.4) is 0 Å². The minimum atomic E-state index is -1.33. The maximum Gasteiger partial charge on any atom is 0.243 e. The highest BCUT2D eigenvalue weighted by Crippen LogP contribution is 2.16. The predicted molar refractivity (Wildman–Crippen MR) is 353 cm³/mol. The molecule has 34 nitrogen and oxygen atoms in total. The molecule has 0 aliphatic rings. The lowest BCUT2D eigenvalue weighted by molar-refractivity contribution is -0.137. The molecule has 0 rings (SSSR count). The molecule has 0 aliphatic heterocycles. The van der Waals surface area contributed by atoms with Crippen LogP contribution in [0.5, 0.6) is 0 Å². The predicted octanol–water partition coefficient (Wildman–Crippen LogP) is -4.93. The lowest BCUT2D eigenvalue weighted by atomic mass is 9.94. The van der Waals surface area contributed by atoms with Crippen molar-refractivity contribution in [3.05, 3.63) is 0 Å². The molecule has 530 valence electrons. The van der Waals surface area contributed by atoms with E-state index in [0.717, 1.165) is 0 Å². The molecule has 0 saturated carbocycles. The first-order valence-corrected chi connectivity index (χ1v) is 31.8. The van der Waals surface area contributed by atoms with Gasteiger partial charge in [-0.15, -0.1) is 0 Å². The molecule has 0 unspecified atom stereocenters. The number of nitrogens with one attached hydrogen (secondary N) is 11. The second-order valence-corrected chi connectivity index (χ2v) is 24.8. The summed E-state index contributed by atoms with van der Waals surface area (Å²) in [5.74, 6) is -12.6. The molecule has 12 amide bonds. The maximum absolute atomic E-state index is 14.5. The molecule has 0 aromatic carbocycles. The van der Waals surface area contributed by atoms with Crippen molar-refractivity contribution in [2.75, 3.05) is 26.2 Å². The van der Waals surface area contributed by atoms with Gasteiger partial charge >= 0.3 is 0 Å². The van der Waals surface area contributed by atoms with Crippen LogP contribution in [0.15, 0.2) is 15.0 Å². The first-order chi connectivity index (χ1) is 43.3. The summed E-state index contributed by atoms with van der Waals surface area (Å²) in [6.07, 6.45) is 1.73. The summed E-state index contributed by atoms with van der Waals surface area (Å²) in [5, 5.41) is 29.1. The molecule has 0 radical (unpaired) electrons. The summed E-state index contributed by atoms with van der Waals surface area (Å²) in [7, 11) is 0. The highest BCUT2D eigenvalue weighted by Gasteiger charge is 2.39. The van der Waals surface area contributed by atoms with E-state index in [1.807, 2.05) is 13.8 Å². The van der Waals surface area contributed by atoms with Gasteiger partial charge in [-0.2, -0.15) is 0 Å². The SMILES string of the molecule is CC[C@H](C)[C@H](NC(=O)[C@H](CCCN=C(N)N)NC(=O)[C@H](C)NC(=O)[C@H](CC(C)C)NC(=O)[C@@H](N)CCCN=C(N)N)C(=O)N[C@H](C(=O)N[C@H](C(=O)N[C@H](C(=O)N[C@@H](CCCN=C(N)N)C(=O)N[C@H](C(=O)N[C@@H](C)C(=O)NCC(N)=O)C(C)C)[C@@H](C)CC)C(C)C)C(C)C. The summed E-state index contributed by atoms with van der Waals surface area (Å²) in [6.45, 7) is 23.1. The number of carbonyl (C=O) groups is 12. The monoisotopic (exact) mass is 1320 g/mol. The number of aliphatic imine (C=N–C) groups is 3. The van der Waals surface area contributed by atoms with Gasteiger partial charge in [0.2, 0.25) is 70.9 Å². The Morgan fingerprint density at radius 3 is 1.02 bits per heavy atom. The van der Waals surface area contributed by atoms with Crippen LogP contribution < -0.4 is 104 Å². The average Bonchev–Trinajstić information content (AvgIpc) is 1.02. The number of rotatable bonds is 44. The summed E-state index contributed by atoms with van der Waals surface area (Å²) < 4.78 is 0. The van der Waals surface area contributed by atoms with Crippen molar-refractivity contribution >= 4 is 88.8 Å². The third kappa shape index (κ3) is 33.0. The summed E-state index contributed by atoms with van der Waals surface area (Å²) in [6, 6.07) is -13.6. The van der Waals surface area contributed by atoms with Crippen molar-refractivity contribution in [2.45, 2.75) is 221 Å². The zero-order chi connectivity index (χ0) is 71.6. The van der Waals surface area contributed by atoms with Crippen LogP contribution in [-0.4, -0.2) is 181 Å². The molecule has 0 aromatic rings. The first-order valence-electron chi connectivity index (χ1n) is 31.8. The van der Waals surface area contributed by atoms with E-state index in [4.69, 9.17) is 45.9 Å². The van der Waals surface area contributed by atoms with Gasteiger partial charge in [-0.25, -0.2) is 0 Å². The van der Waals surface area contributed by atoms with E-state index in [0.29, 0.717) is 19.3 Å². The Kier molecular flexibility index (Phi) is 39.3.